The molecule has 25 heavy (non-hydrogen) atoms. The molecule has 0 N–H and O–H groups in total. The number of carbonyl (C=O) groups excluding carboxylic acids is 2. The Morgan fingerprint density at radius 2 is 1.68 bits per heavy atom. The molecule has 0 aliphatic carbocycles. The van der Waals surface area contributed by atoms with E-state index in [2.05, 4.69) is 0 Å². The minimum absolute atomic E-state index is 0.00162. The van der Waals surface area contributed by atoms with Crippen molar-refractivity contribution in [1.82, 2.24) is 9.80 Å². The van der Waals surface area contributed by atoms with Gasteiger partial charge in [-0.3, -0.25) is 9.59 Å². The number of benzene rings is 1. The van der Waals surface area contributed by atoms with Crippen LogP contribution in [-0.2, 0) is 4.79 Å². The highest BCUT2D eigenvalue weighted by atomic mass is 16.5. The van der Waals surface area contributed by atoms with Crippen molar-refractivity contribution in [3.05, 3.63) is 28.8 Å². The van der Waals surface area contributed by atoms with E-state index in [9.17, 15) is 9.59 Å². The van der Waals surface area contributed by atoms with Gasteiger partial charge in [-0.2, -0.15) is 0 Å². The Bertz CT molecular complexity index is 640. The summed E-state index contributed by atoms with van der Waals surface area (Å²) in [4.78, 5) is 28.9. The molecule has 5 nitrogen and oxygen atoms in total. The van der Waals surface area contributed by atoms with Gasteiger partial charge in [-0.05, 0) is 50.5 Å². The van der Waals surface area contributed by atoms with Crippen LogP contribution in [0.5, 0.6) is 5.75 Å². The lowest BCUT2D eigenvalue weighted by Gasteiger charge is -2.24. The van der Waals surface area contributed by atoms with Crippen molar-refractivity contribution in [1.29, 1.82) is 0 Å². The van der Waals surface area contributed by atoms with Crippen molar-refractivity contribution < 1.29 is 14.3 Å². The summed E-state index contributed by atoms with van der Waals surface area (Å²) in [6.07, 6.45) is 0.819. The van der Waals surface area contributed by atoms with Crippen molar-refractivity contribution in [3.63, 3.8) is 0 Å². The molecule has 1 aliphatic heterocycles. The summed E-state index contributed by atoms with van der Waals surface area (Å²) in [6, 6.07) is 3.86. The summed E-state index contributed by atoms with van der Waals surface area (Å²) >= 11 is 0. The Morgan fingerprint density at radius 1 is 1.04 bits per heavy atom. The van der Waals surface area contributed by atoms with Gasteiger partial charge >= 0.3 is 0 Å². The number of aryl methyl sites for hydroxylation is 2. The lowest BCUT2D eigenvalue weighted by molar-refractivity contribution is -0.134. The number of ether oxygens (including phenoxy) is 1. The molecule has 0 saturated carbocycles. The molecule has 2 rings (SSSR count). The quantitative estimate of drug-likeness (QED) is 0.842. The molecule has 1 fully saturated rings. The number of amides is 2. The molecule has 1 saturated heterocycles. The molecule has 1 aromatic rings. The number of carbonyl (C=O) groups is 2. The van der Waals surface area contributed by atoms with E-state index in [1.165, 1.54) is 0 Å². The first-order valence-electron chi connectivity index (χ1n) is 9.17. The minimum atomic E-state index is -0.00162. The van der Waals surface area contributed by atoms with Crippen LogP contribution in [0.3, 0.4) is 0 Å². The summed E-state index contributed by atoms with van der Waals surface area (Å²) in [5.41, 5.74) is 2.63. The highest BCUT2D eigenvalue weighted by molar-refractivity contribution is 5.96. The second-order valence-electron chi connectivity index (χ2n) is 6.99. The van der Waals surface area contributed by atoms with Crippen LogP contribution >= 0.6 is 0 Å². The summed E-state index contributed by atoms with van der Waals surface area (Å²) in [5.74, 6) is 1.05. The first kappa shape index (κ1) is 19.3. The summed E-state index contributed by atoms with van der Waals surface area (Å²) in [5, 5.41) is 0. The first-order chi connectivity index (χ1) is 11.8. The van der Waals surface area contributed by atoms with Crippen LogP contribution in [0, 0.1) is 19.8 Å². The van der Waals surface area contributed by atoms with Gasteiger partial charge in [-0.1, -0.05) is 13.8 Å². The lowest BCUT2D eigenvalue weighted by Crippen LogP contribution is -2.39. The SMILES string of the molecule is CCOc1cc(C)c(C(=O)N2CCCN(C(=O)C(C)C)CC2)cc1C. The fraction of sp³-hybridized carbons (Fsp3) is 0.600. The highest BCUT2D eigenvalue weighted by Crippen LogP contribution is 2.24. The number of rotatable bonds is 4. The van der Waals surface area contributed by atoms with Crippen molar-refractivity contribution in [2.24, 2.45) is 5.92 Å². The largest absolute Gasteiger partial charge is 0.494 e. The molecule has 5 heteroatoms. The van der Waals surface area contributed by atoms with Gasteiger partial charge in [-0.25, -0.2) is 0 Å². The van der Waals surface area contributed by atoms with Gasteiger partial charge in [0.25, 0.3) is 5.91 Å². The second-order valence-corrected chi connectivity index (χ2v) is 6.99. The predicted molar refractivity (Wildman–Crippen MR) is 99.0 cm³/mol. The average Bonchev–Trinajstić information content (AvgIpc) is 2.82. The molecular formula is C20H30N2O3. The zero-order valence-corrected chi connectivity index (χ0v) is 16.1. The Hall–Kier alpha value is -2.04. The van der Waals surface area contributed by atoms with E-state index in [1.54, 1.807) is 0 Å². The average molecular weight is 346 g/mol. The maximum Gasteiger partial charge on any atom is 0.254 e. The minimum Gasteiger partial charge on any atom is -0.494 e. The van der Waals surface area contributed by atoms with Crippen LogP contribution < -0.4 is 4.74 Å². The van der Waals surface area contributed by atoms with Gasteiger partial charge in [-0.15, -0.1) is 0 Å². The van der Waals surface area contributed by atoms with E-state index >= 15 is 0 Å². The molecule has 0 atom stereocenters. The van der Waals surface area contributed by atoms with Crippen LogP contribution in [0.4, 0.5) is 0 Å². The van der Waals surface area contributed by atoms with Gasteiger partial charge < -0.3 is 14.5 Å². The van der Waals surface area contributed by atoms with Crippen LogP contribution in [0.2, 0.25) is 0 Å². The monoisotopic (exact) mass is 346 g/mol. The van der Waals surface area contributed by atoms with E-state index in [4.69, 9.17) is 4.74 Å². The predicted octanol–water partition coefficient (Wildman–Crippen LogP) is 3.03. The van der Waals surface area contributed by atoms with E-state index in [0.29, 0.717) is 26.2 Å². The fourth-order valence-electron chi connectivity index (χ4n) is 3.21. The van der Waals surface area contributed by atoms with Gasteiger partial charge in [0.1, 0.15) is 5.75 Å². The van der Waals surface area contributed by atoms with Gasteiger partial charge in [0.2, 0.25) is 5.91 Å². The van der Waals surface area contributed by atoms with Gasteiger partial charge in [0, 0.05) is 37.7 Å². The van der Waals surface area contributed by atoms with E-state index < -0.39 is 0 Å². The second kappa shape index (κ2) is 8.37. The number of hydrogen-bond acceptors (Lipinski definition) is 3. The van der Waals surface area contributed by atoms with E-state index in [0.717, 1.165) is 35.4 Å². The van der Waals surface area contributed by atoms with Crippen molar-refractivity contribution >= 4 is 11.8 Å². The van der Waals surface area contributed by atoms with E-state index in [-0.39, 0.29) is 17.7 Å². The first-order valence-corrected chi connectivity index (χ1v) is 9.17. The zero-order chi connectivity index (χ0) is 18.6. The van der Waals surface area contributed by atoms with Crippen molar-refractivity contribution in [2.45, 2.75) is 41.0 Å². The summed E-state index contributed by atoms with van der Waals surface area (Å²) < 4.78 is 5.61. The molecule has 1 aliphatic rings. The molecular weight excluding hydrogens is 316 g/mol. The summed E-state index contributed by atoms with van der Waals surface area (Å²) in [6.45, 7) is 12.9. The maximum atomic E-state index is 13.0. The number of hydrogen-bond donors (Lipinski definition) is 0. The Labute approximate surface area is 150 Å². The van der Waals surface area contributed by atoms with Crippen LogP contribution in [0.1, 0.15) is 48.7 Å². The number of nitrogens with zero attached hydrogens (tertiary/aromatic N) is 2. The maximum absolute atomic E-state index is 13.0. The molecule has 2 amide bonds. The fourth-order valence-corrected chi connectivity index (χ4v) is 3.21. The Kier molecular flexibility index (Phi) is 6.45. The summed E-state index contributed by atoms with van der Waals surface area (Å²) in [7, 11) is 0. The van der Waals surface area contributed by atoms with E-state index in [1.807, 2.05) is 56.6 Å². The normalized spacial score (nSPS) is 15.3. The third-order valence-electron chi connectivity index (χ3n) is 4.64. The Morgan fingerprint density at radius 3 is 2.32 bits per heavy atom. The molecule has 138 valence electrons. The smallest absolute Gasteiger partial charge is 0.254 e. The third kappa shape index (κ3) is 4.53. The molecule has 0 radical (unpaired) electrons. The standard InChI is InChI=1S/C20H30N2O3/c1-6-25-18-13-15(4)17(12-16(18)5)20(24)22-9-7-8-21(10-11-22)19(23)14(2)3/h12-14H,6-11H2,1-5H3. The molecule has 0 aromatic heterocycles. The van der Waals surface area contributed by atoms with Crippen LogP contribution in [0.25, 0.3) is 0 Å². The van der Waals surface area contributed by atoms with Crippen molar-refractivity contribution in [2.75, 3.05) is 32.8 Å². The van der Waals surface area contributed by atoms with Gasteiger partial charge in [0.05, 0.1) is 6.61 Å². The lowest BCUT2D eigenvalue weighted by atomic mass is 10.0. The zero-order valence-electron chi connectivity index (χ0n) is 16.1. The van der Waals surface area contributed by atoms with Crippen LogP contribution in [-0.4, -0.2) is 54.4 Å². The molecule has 0 bridgehead atoms. The highest BCUT2D eigenvalue weighted by Gasteiger charge is 2.25. The molecule has 1 aromatic carbocycles. The van der Waals surface area contributed by atoms with Crippen LogP contribution in [0.15, 0.2) is 12.1 Å². The topological polar surface area (TPSA) is 49.9 Å². The molecule has 1 heterocycles. The molecule has 0 spiro atoms. The van der Waals surface area contributed by atoms with Crippen molar-refractivity contribution in [3.8, 4) is 5.75 Å². The Balaban J connectivity index is 2.13. The van der Waals surface area contributed by atoms with Gasteiger partial charge in [0.15, 0.2) is 0 Å². The molecule has 0 unspecified atom stereocenters. The third-order valence-corrected chi connectivity index (χ3v) is 4.64.